The first-order valence-electron chi connectivity index (χ1n) is 6.25. The number of hydrogen-bond acceptors (Lipinski definition) is 4. The number of nitrogens with one attached hydrogen (secondary N) is 2. The zero-order valence-corrected chi connectivity index (χ0v) is 11.4. The molecule has 0 fully saturated rings. The second-order valence-electron chi connectivity index (χ2n) is 4.19. The number of imidazole rings is 1. The second kappa shape index (κ2) is 6.60. The van der Waals surface area contributed by atoms with Gasteiger partial charge in [-0.25, -0.2) is 4.98 Å². The molecule has 6 heteroatoms. The molecule has 1 aromatic heterocycles. The van der Waals surface area contributed by atoms with Crippen molar-refractivity contribution in [1.82, 2.24) is 15.3 Å². The van der Waals surface area contributed by atoms with Gasteiger partial charge in [0.05, 0.1) is 13.7 Å². The first-order valence-corrected chi connectivity index (χ1v) is 6.25. The fraction of sp³-hybridized carbons (Fsp3) is 0.286. The number of aromatic amines is 1. The molecule has 0 aliphatic heterocycles. The molecule has 1 amide bonds. The molecule has 1 heterocycles. The van der Waals surface area contributed by atoms with E-state index < -0.39 is 6.10 Å². The van der Waals surface area contributed by atoms with Crippen LogP contribution < -0.4 is 14.8 Å². The van der Waals surface area contributed by atoms with Crippen molar-refractivity contribution in [1.29, 1.82) is 0 Å². The van der Waals surface area contributed by atoms with Crippen LogP contribution in [0.25, 0.3) is 0 Å². The van der Waals surface area contributed by atoms with E-state index in [2.05, 4.69) is 15.3 Å². The highest BCUT2D eigenvalue weighted by Gasteiger charge is 2.14. The van der Waals surface area contributed by atoms with Gasteiger partial charge >= 0.3 is 0 Å². The van der Waals surface area contributed by atoms with Gasteiger partial charge in [-0.2, -0.15) is 0 Å². The Labute approximate surface area is 117 Å². The van der Waals surface area contributed by atoms with Crippen molar-refractivity contribution in [2.75, 3.05) is 7.11 Å². The summed E-state index contributed by atoms with van der Waals surface area (Å²) in [6, 6.07) is 7.08. The molecule has 20 heavy (non-hydrogen) atoms. The summed E-state index contributed by atoms with van der Waals surface area (Å²) in [4.78, 5) is 18.8. The van der Waals surface area contributed by atoms with Gasteiger partial charge in [-0.15, -0.1) is 0 Å². The highest BCUT2D eigenvalue weighted by Crippen LogP contribution is 2.18. The normalized spacial score (nSPS) is 11.7. The molecule has 2 N–H and O–H groups in total. The maximum absolute atomic E-state index is 11.9. The highest BCUT2D eigenvalue weighted by atomic mass is 16.5. The predicted octanol–water partition coefficient (Wildman–Crippen LogP) is 1.50. The lowest BCUT2D eigenvalue weighted by Crippen LogP contribution is -2.36. The van der Waals surface area contributed by atoms with Gasteiger partial charge in [0, 0.05) is 12.4 Å². The average Bonchev–Trinajstić information content (AvgIpc) is 2.98. The molecule has 6 nitrogen and oxygen atoms in total. The summed E-state index contributed by atoms with van der Waals surface area (Å²) < 4.78 is 10.6. The number of methoxy groups -OCH3 is 1. The molecule has 0 aliphatic rings. The van der Waals surface area contributed by atoms with Crippen molar-refractivity contribution in [3.05, 3.63) is 42.5 Å². The van der Waals surface area contributed by atoms with E-state index in [1.54, 1.807) is 50.7 Å². The molecule has 0 aliphatic carbocycles. The van der Waals surface area contributed by atoms with E-state index in [1.165, 1.54) is 0 Å². The SMILES string of the molecule is COc1ccc(OC(C)C(=O)NCc2ncc[nH]2)cc1. The molecule has 2 aromatic rings. The summed E-state index contributed by atoms with van der Waals surface area (Å²) in [5.41, 5.74) is 0. The highest BCUT2D eigenvalue weighted by molar-refractivity contribution is 5.80. The molecule has 0 saturated carbocycles. The van der Waals surface area contributed by atoms with E-state index in [-0.39, 0.29) is 5.91 Å². The number of carbonyl (C=O) groups is 1. The molecule has 0 radical (unpaired) electrons. The largest absolute Gasteiger partial charge is 0.497 e. The number of carbonyl (C=O) groups excluding carboxylic acids is 1. The number of hydrogen-bond donors (Lipinski definition) is 2. The zero-order valence-electron chi connectivity index (χ0n) is 11.4. The Bertz CT molecular complexity index is 537. The van der Waals surface area contributed by atoms with Crippen molar-refractivity contribution < 1.29 is 14.3 Å². The van der Waals surface area contributed by atoms with Gasteiger partial charge in [-0.1, -0.05) is 0 Å². The summed E-state index contributed by atoms with van der Waals surface area (Å²) in [6.45, 7) is 2.05. The molecule has 106 valence electrons. The lowest BCUT2D eigenvalue weighted by atomic mass is 10.3. The van der Waals surface area contributed by atoms with Crippen LogP contribution in [0.2, 0.25) is 0 Å². The predicted molar refractivity (Wildman–Crippen MR) is 73.5 cm³/mol. The van der Waals surface area contributed by atoms with E-state index in [4.69, 9.17) is 9.47 Å². The van der Waals surface area contributed by atoms with Crippen LogP contribution >= 0.6 is 0 Å². The number of ether oxygens (including phenoxy) is 2. The van der Waals surface area contributed by atoms with Gasteiger partial charge in [0.2, 0.25) is 0 Å². The Morgan fingerprint density at radius 3 is 2.65 bits per heavy atom. The Hall–Kier alpha value is -2.50. The number of nitrogens with zero attached hydrogens (tertiary/aromatic N) is 1. The fourth-order valence-electron chi connectivity index (χ4n) is 1.62. The van der Waals surface area contributed by atoms with Crippen molar-refractivity contribution in [3.63, 3.8) is 0 Å². The van der Waals surface area contributed by atoms with Gasteiger partial charge in [-0.05, 0) is 31.2 Å². The zero-order chi connectivity index (χ0) is 14.4. The lowest BCUT2D eigenvalue weighted by Gasteiger charge is -2.14. The van der Waals surface area contributed by atoms with Crippen molar-refractivity contribution in [2.45, 2.75) is 19.6 Å². The standard InChI is InChI=1S/C14H17N3O3/c1-10(14(18)17-9-13-15-7-8-16-13)20-12-5-3-11(19-2)4-6-12/h3-8,10H,9H2,1-2H3,(H,15,16)(H,17,18). The number of amides is 1. The van der Waals surface area contributed by atoms with E-state index in [9.17, 15) is 4.79 Å². The molecular weight excluding hydrogens is 258 g/mol. The van der Waals surface area contributed by atoms with Crippen LogP contribution in [0.3, 0.4) is 0 Å². The summed E-state index contributed by atoms with van der Waals surface area (Å²) in [6.07, 6.45) is 2.76. The molecule has 1 aromatic carbocycles. The Morgan fingerprint density at radius 1 is 1.35 bits per heavy atom. The molecule has 0 spiro atoms. The minimum atomic E-state index is -0.585. The lowest BCUT2D eigenvalue weighted by molar-refractivity contribution is -0.127. The summed E-state index contributed by atoms with van der Waals surface area (Å²) in [5.74, 6) is 1.87. The van der Waals surface area contributed by atoms with E-state index >= 15 is 0 Å². The topological polar surface area (TPSA) is 76.2 Å². The molecule has 0 saturated heterocycles. The maximum atomic E-state index is 11.9. The first kappa shape index (κ1) is 13.9. The molecule has 1 atom stereocenters. The first-order chi connectivity index (χ1) is 9.69. The summed E-state index contributed by atoms with van der Waals surface area (Å²) in [5, 5.41) is 2.75. The third kappa shape index (κ3) is 3.74. The van der Waals surface area contributed by atoms with Crippen molar-refractivity contribution in [3.8, 4) is 11.5 Å². The van der Waals surface area contributed by atoms with Crippen molar-refractivity contribution >= 4 is 5.91 Å². The Morgan fingerprint density at radius 2 is 2.05 bits per heavy atom. The van der Waals surface area contributed by atoms with Crippen LogP contribution in [-0.2, 0) is 11.3 Å². The minimum Gasteiger partial charge on any atom is -0.497 e. The quantitative estimate of drug-likeness (QED) is 0.837. The monoisotopic (exact) mass is 275 g/mol. The van der Waals surface area contributed by atoms with Gasteiger partial charge in [-0.3, -0.25) is 4.79 Å². The number of rotatable bonds is 6. The third-order valence-corrected chi connectivity index (χ3v) is 2.73. The van der Waals surface area contributed by atoms with Gasteiger partial charge < -0.3 is 19.8 Å². The minimum absolute atomic E-state index is 0.197. The van der Waals surface area contributed by atoms with Gasteiger partial charge in [0.15, 0.2) is 6.10 Å². The van der Waals surface area contributed by atoms with Gasteiger partial charge in [0.25, 0.3) is 5.91 Å². The van der Waals surface area contributed by atoms with Crippen LogP contribution in [0, 0.1) is 0 Å². The molecule has 0 bridgehead atoms. The van der Waals surface area contributed by atoms with Crippen LogP contribution in [0.5, 0.6) is 11.5 Å². The van der Waals surface area contributed by atoms with E-state index in [1.807, 2.05) is 0 Å². The number of aromatic nitrogens is 2. The van der Waals surface area contributed by atoms with Crippen LogP contribution in [0.4, 0.5) is 0 Å². The van der Waals surface area contributed by atoms with Crippen molar-refractivity contribution in [2.24, 2.45) is 0 Å². The van der Waals surface area contributed by atoms with Gasteiger partial charge in [0.1, 0.15) is 17.3 Å². The number of H-pyrrole nitrogens is 1. The van der Waals surface area contributed by atoms with E-state index in [0.717, 1.165) is 5.75 Å². The Kier molecular flexibility index (Phi) is 4.60. The maximum Gasteiger partial charge on any atom is 0.261 e. The van der Waals surface area contributed by atoms with E-state index in [0.29, 0.717) is 18.1 Å². The van der Waals surface area contributed by atoms with Crippen LogP contribution in [0.15, 0.2) is 36.7 Å². The third-order valence-electron chi connectivity index (χ3n) is 2.73. The molecule has 2 rings (SSSR count). The number of benzene rings is 1. The molecule has 1 unspecified atom stereocenters. The fourth-order valence-corrected chi connectivity index (χ4v) is 1.62. The summed E-state index contributed by atoms with van der Waals surface area (Å²) >= 11 is 0. The van der Waals surface area contributed by atoms with Crippen LogP contribution in [-0.4, -0.2) is 29.1 Å². The molecular formula is C14H17N3O3. The smallest absolute Gasteiger partial charge is 0.261 e. The average molecular weight is 275 g/mol. The second-order valence-corrected chi connectivity index (χ2v) is 4.19. The van der Waals surface area contributed by atoms with Crippen LogP contribution in [0.1, 0.15) is 12.7 Å². The Balaban J connectivity index is 1.83. The summed E-state index contributed by atoms with van der Waals surface area (Å²) in [7, 11) is 1.60.